The van der Waals surface area contributed by atoms with Crippen LogP contribution in [0.3, 0.4) is 0 Å². The van der Waals surface area contributed by atoms with Gasteiger partial charge in [0.1, 0.15) is 23.0 Å². The Hall–Kier alpha value is -3.91. The summed E-state index contributed by atoms with van der Waals surface area (Å²) in [5, 5.41) is 42.6. The number of hydrogen-bond donors (Lipinski definition) is 6. The normalized spacial score (nSPS) is 10.3. The third-order valence-corrected chi connectivity index (χ3v) is 6.21. The van der Waals surface area contributed by atoms with Crippen molar-refractivity contribution in [1.29, 1.82) is 0 Å². The summed E-state index contributed by atoms with van der Waals surface area (Å²) in [7, 11) is 0. The van der Waals surface area contributed by atoms with Crippen LogP contribution >= 0.6 is 11.6 Å². The summed E-state index contributed by atoms with van der Waals surface area (Å²) in [6.07, 6.45) is 8.44. The largest absolute Gasteiger partial charge is 0.508 e. The molecule has 0 aromatic heterocycles. The molecule has 0 bridgehead atoms. The number of phenols is 4. The number of benzene rings is 3. The van der Waals surface area contributed by atoms with Gasteiger partial charge in [0.05, 0.1) is 10.7 Å². The van der Waals surface area contributed by atoms with Crippen molar-refractivity contribution in [3.05, 3.63) is 70.7 Å². The molecule has 0 aliphatic heterocycles. The van der Waals surface area contributed by atoms with Crippen LogP contribution in [0.4, 0.5) is 11.4 Å². The minimum atomic E-state index is -0.491. The Morgan fingerprint density at radius 3 is 2.13 bits per heavy atom. The highest BCUT2D eigenvalue weighted by atomic mass is 35.5. The summed E-state index contributed by atoms with van der Waals surface area (Å²) in [6, 6.07) is 13.3. The molecule has 6 N–H and O–H groups in total. The van der Waals surface area contributed by atoms with Crippen LogP contribution in [0.1, 0.15) is 74.2 Å². The zero-order chi connectivity index (χ0) is 28.8. The summed E-state index contributed by atoms with van der Waals surface area (Å²) >= 11 is 5.72. The van der Waals surface area contributed by atoms with Crippen LogP contribution in [0.15, 0.2) is 54.6 Å². The molecule has 2 amide bonds. The molecular formula is C30H37ClN2O6. The lowest BCUT2D eigenvalue weighted by molar-refractivity contribution is -0.116. The van der Waals surface area contributed by atoms with Crippen molar-refractivity contribution in [1.82, 2.24) is 0 Å². The van der Waals surface area contributed by atoms with Crippen LogP contribution in [0.25, 0.3) is 0 Å². The number of unbranched alkanes of at least 4 members (excludes halogenated alkanes) is 6. The quantitative estimate of drug-likeness (QED) is 0.0821. The fourth-order valence-electron chi connectivity index (χ4n) is 3.69. The van der Waals surface area contributed by atoms with Crippen molar-refractivity contribution in [2.75, 3.05) is 10.6 Å². The number of aryl methyl sites for hydroxylation is 1. The summed E-state index contributed by atoms with van der Waals surface area (Å²) in [6.45, 7) is 3.92. The maximum atomic E-state index is 12.5. The van der Waals surface area contributed by atoms with E-state index in [1.54, 1.807) is 31.2 Å². The van der Waals surface area contributed by atoms with Gasteiger partial charge in [-0.05, 0) is 55.3 Å². The molecule has 0 saturated heterocycles. The number of aromatic hydroxyl groups is 4. The van der Waals surface area contributed by atoms with Gasteiger partial charge in [-0.25, -0.2) is 0 Å². The molecule has 3 aromatic carbocycles. The van der Waals surface area contributed by atoms with Gasteiger partial charge in [0.15, 0.2) is 0 Å². The van der Waals surface area contributed by atoms with E-state index in [2.05, 4.69) is 17.6 Å². The summed E-state index contributed by atoms with van der Waals surface area (Å²) in [5.41, 5.74) is 1.56. The summed E-state index contributed by atoms with van der Waals surface area (Å²) in [4.78, 5) is 24.6. The first-order valence-corrected chi connectivity index (χ1v) is 13.4. The van der Waals surface area contributed by atoms with Crippen LogP contribution in [0.2, 0.25) is 5.02 Å². The van der Waals surface area contributed by atoms with Crippen LogP contribution in [-0.2, 0) is 4.79 Å². The number of hydrogen-bond acceptors (Lipinski definition) is 6. The molecule has 0 spiro atoms. The molecule has 39 heavy (non-hydrogen) atoms. The average Bonchev–Trinajstić information content (AvgIpc) is 2.89. The van der Waals surface area contributed by atoms with Crippen molar-refractivity contribution in [2.45, 2.75) is 65.2 Å². The monoisotopic (exact) mass is 556 g/mol. The van der Waals surface area contributed by atoms with E-state index < -0.39 is 5.91 Å². The molecule has 0 radical (unpaired) electrons. The number of rotatable bonds is 11. The van der Waals surface area contributed by atoms with Gasteiger partial charge in [-0.2, -0.15) is 0 Å². The third-order valence-electron chi connectivity index (χ3n) is 5.91. The maximum Gasteiger partial charge on any atom is 0.255 e. The lowest BCUT2D eigenvalue weighted by Crippen LogP contribution is -2.14. The number of nitrogens with one attached hydrogen (secondary N) is 2. The molecule has 0 heterocycles. The van der Waals surface area contributed by atoms with E-state index >= 15 is 0 Å². The molecule has 0 aliphatic carbocycles. The first-order valence-electron chi connectivity index (χ1n) is 13.0. The van der Waals surface area contributed by atoms with E-state index in [0.29, 0.717) is 23.2 Å². The number of carbonyl (C=O) groups excluding carboxylic acids is 2. The third kappa shape index (κ3) is 11.2. The van der Waals surface area contributed by atoms with E-state index in [-0.39, 0.29) is 39.6 Å². The number of carbonyl (C=O) groups is 2. The highest BCUT2D eigenvalue weighted by Gasteiger charge is 2.13. The Morgan fingerprint density at radius 2 is 1.46 bits per heavy atom. The summed E-state index contributed by atoms with van der Waals surface area (Å²) < 4.78 is 0. The van der Waals surface area contributed by atoms with E-state index in [9.17, 15) is 19.8 Å². The van der Waals surface area contributed by atoms with Gasteiger partial charge in [0, 0.05) is 29.8 Å². The van der Waals surface area contributed by atoms with Crippen molar-refractivity contribution in [2.24, 2.45) is 0 Å². The first kappa shape index (κ1) is 31.3. The van der Waals surface area contributed by atoms with Crippen molar-refractivity contribution >= 4 is 34.8 Å². The molecule has 3 aromatic rings. The molecule has 0 aliphatic rings. The lowest BCUT2D eigenvalue weighted by atomic mass is 10.1. The van der Waals surface area contributed by atoms with Gasteiger partial charge >= 0.3 is 0 Å². The topological polar surface area (TPSA) is 139 Å². The molecule has 0 atom stereocenters. The second kappa shape index (κ2) is 16.1. The smallest absolute Gasteiger partial charge is 0.255 e. The fourth-order valence-corrected chi connectivity index (χ4v) is 3.85. The highest BCUT2D eigenvalue weighted by molar-refractivity contribution is 6.32. The zero-order valence-corrected chi connectivity index (χ0v) is 23.1. The summed E-state index contributed by atoms with van der Waals surface area (Å²) in [5.74, 6) is -0.684. The molecule has 0 unspecified atom stereocenters. The van der Waals surface area contributed by atoms with Crippen molar-refractivity contribution < 1.29 is 30.0 Å². The van der Waals surface area contributed by atoms with Gasteiger partial charge < -0.3 is 31.1 Å². The molecule has 210 valence electrons. The zero-order valence-electron chi connectivity index (χ0n) is 22.3. The highest BCUT2D eigenvalue weighted by Crippen LogP contribution is 2.34. The van der Waals surface area contributed by atoms with Crippen molar-refractivity contribution in [3.63, 3.8) is 0 Å². The van der Waals surface area contributed by atoms with Gasteiger partial charge in [0.25, 0.3) is 5.91 Å². The van der Waals surface area contributed by atoms with Gasteiger partial charge in [0.2, 0.25) is 5.91 Å². The van der Waals surface area contributed by atoms with Crippen LogP contribution in [0, 0.1) is 6.92 Å². The van der Waals surface area contributed by atoms with E-state index in [1.165, 1.54) is 49.9 Å². The average molecular weight is 557 g/mol. The Bertz CT molecular complexity index is 1250. The fraction of sp³-hybridized carbons (Fsp3) is 0.333. The Morgan fingerprint density at radius 1 is 0.769 bits per heavy atom. The van der Waals surface area contributed by atoms with Gasteiger partial charge in [-0.1, -0.05) is 63.1 Å². The maximum absolute atomic E-state index is 12.5. The second-order valence-corrected chi connectivity index (χ2v) is 9.65. The standard InChI is InChI=1S/C23H29ClN2O4.C7H8O2/c1-2-3-4-5-6-7-8-12-22(29)25-17-11-9-10-16(13-17)23(30)26-19-15-20(27)18(24)14-21(19)28;1-5-4-6(8)2-3-7(5)9/h9-11,13-15,27-28H,2-8,12H2,1H3,(H,25,29)(H,26,30);2-4,8-9H,1H3. The predicted octanol–water partition coefficient (Wildman–Crippen LogP) is 7.49. The van der Waals surface area contributed by atoms with Crippen molar-refractivity contribution in [3.8, 4) is 23.0 Å². The lowest BCUT2D eigenvalue weighted by Gasteiger charge is -2.10. The molecule has 8 nitrogen and oxygen atoms in total. The Balaban J connectivity index is 0.000000499. The predicted molar refractivity (Wildman–Crippen MR) is 155 cm³/mol. The number of halogens is 1. The molecular weight excluding hydrogens is 520 g/mol. The van der Waals surface area contributed by atoms with Crippen LogP contribution in [0.5, 0.6) is 23.0 Å². The number of phenolic OH excluding ortho intramolecular Hbond substituents is 4. The Kier molecular flexibility index (Phi) is 13.0. The van der Waals surface area contributed by atoms with Gasteiger partial charge in [-0.15, -0.1) is 0 Å². The molecule has 3 rings (SSSR count). The molecule has 9 heteroatoms. The molecule has 0 fully saturated rings. The van der Waals surface area contributed by atoms with E-state index in [1.807, 2.05) is 0 Å². The number of anilines is 2. The molecule has 0 saturated carbocycles. The Labute approximate surface area is 234 Å². The van der Waals surface area contributed by atoms with E-state index in [0.717, 1.165) is 25.3 Å². The minimum Gasteiger partial charge on any atom is -0.508 e. The van der Waals surface area contributed by atoms with E-state index in [4.69, 9.17) is 21.8 Å². The first-order chi connectivity index (χ1) is 18.6. The van der Waals surface area contributed by atoms with Crippen LogP contribution < -0.4 is 10.6 Å². The SMILES string of the molecule is CCCCCCCCCC(=O)Nc1cccc(C(=O)Nc2cc(O)c(Cl)cc2O)c1.Cc1cc(O)ccc1O. The minimum absolute atomic E-state index is 0.0174. The van der Waals surface area contributed by atoms with Crippen LogP contribution in [-0.4, -0.2) is 32.2 Å². The van der Waals surface area contributed by atoms with Gasteiger partial charge in [-0.3, -0.25) is 9.59 Å². The second-order valence-electron chi connectivity index (χ2n) is 9.25. The number of amides is 2.